The minimum atomic E-state index is -0.227. The van der Waals surface area contributed by atoms with Gasteiger partial charge in [0.2, 0.25) is 0 Å². The first-order valence-electron chi connectivity index (χ1n) is 9.15. The summed E-state index contributed by atoms with van der Waals surface area (Å²) >= 11 is 0. The maximum Gasteiger partial charge on any atom is 0.267 e. The highest BCUT2D eigenvalue weighted by Crippen LogP contribution is 2.33. The Morgan fingerprint density at radius 1 is 0.643 bits per heavy atom. The molecule has 2 aromatic heterocycles. The summed E-state index contributed by atoms with van der Waals surface area (Å²) < 4.78 is 1.71. The van der Waals surface area contributed by atoms with Gasteiger partial charge in [-0.1, -0.05) is 78.9 Å². The van der Waals surface area contributed by atoms with Crippen LogP contribution < -0.4 is 5.56 Å². The van der Waals surface area contributed by atoms with Crippen molar-refractivity contribution in [2.24, 2.45) is 0 Å². The molecule has 1 N–H and O–H groups in total. The maximum absolute atomic E-state index is 13.6. The number of aromatic nitrogens is 1. The lowest BCUT2D eigenvalue weighted by molar-refractivity contribution is 0.476. The fourth-order valence-electron chi connectivity index (χ4n) is 3.80. The van der Waals surface area contributed by atoms with Crippen LogP contribution in [0.15, 0.2) is 102 Å². The molecule has 0 fully saturated rings. The standard InChI is InChI=1S/C25H17NO2/c27-23-16-22-20(17-9-3-1-4-10-17)15-19-13-7-8-14-21(19)26(22)25(28)24(23)18-11-5-2-6-12-18/h1-16,27H. The van der Waals surface area contributed by atoms with Crippen molar-refractivity contribution >= 4 is 16.4 Å². The number of para-hydroxylation sites is 1. The summed E-state index contributed by atoms with van der Waals surface area (Å²) in [7, 11) is 0. The normalized spacial score (nSPS) is 11.1. The van der Waals surface area contributed by atoms with Crippen molar-refractivity contribution < 1.29 is 5.11 Å². The number of pyridine rings is 2. The third-order valence-electron chi connectivity index (χ3n) is 5.09. The molecule has 0 spiro atoms. The van der Waals surface area contributed by atoms with Crippen LogP contribution in [-0.2, 0) is 0 Å². The van der Waals surface area contributed by atoms with Crippen molar-refractivity contribution in [1.82, 2.24) is 4.40 Å². The predicted octanol–water partition coefficient (Wildman–Crippen LogP) is 5.49. The van der Waals surface area contributed by atoms with Crippen LogP contribution in [0.25, 0.3) is 38.7 Å². The van der Waals surface area contributed by atoms with Crippen LogP contribution in [0.1, 0.15) is 0 Å². The first-order chi connectivity index (χ1) is 13.7. The van der Waals surface area contributed by atoms with Crippen LogP contribution in [0.3, 0.4) is 0 Å². The second kappa shape index (κ2) is 6.39. The summed E-state index contributed by atoms with van der Waals surface area (Å²) in [6, 6.07) is 30.8. The van der Waals surface area contributed by atoms with Gasteiger partial charge in [-0.25, -0.2) is 0 Å². The number of rotatable bonds is 2. The number of hydrogen-bond donors (Lipinski definition) is 1. The Morgan fingerprint density at radius 2 is 1.25 bits per heavy atom. The van der Waals surface area contributed by atoms with E-state index in [0.29, 0.717) is 16.6 Å². The number of hydrogen-bond acceptors (Lipinski definition) is 2. The van der Waals surface area contributed by atoms with Crippen molar-refractivity contribution in [3.8, 4) is 28.0 Å². The highest BCUT2D eigenvalue weighted by Gasteiger charge is 2.17. The number of aromatic hydroxyl groups is 1. The van der Waals surface area contributed by atoms with E-state index in [0.717, 1.165) is 22.0 Å². The lowest BCUT2D eigenvalue weighted by Crippen LogP contribution is -2.17. The Bertz CT molecular complexity index is 1370. The zero-order valence-electron chi connectivity index (χ0n) is 15.0. The minimum Gasteiger partial charge on any atom is -0.507 e. The lowest BCUT2D eigenvalue weighted by Gasteiger charge is -2.15. The molecule has 0 bridgehead atoms. The average molecular weight is 363 g/mol. The van der Waals surface area contributed by atoms with Crippen molar-refractivity contribution in [2.45, 2.75) is 0 Å². The van der Waals surface area contributed by atoms with E-state index >= 15 is 0 Å². The number of fused-ring (bicyclic) bond motifs is 3. The van der Waals surface area contributed by atoms with E-state index in [1.807, 2.05) is 84.9 Å². The monoisotopic (exact) mass is 363 g/mol. The summed E-state index contributed by atoms with van der Waals surface area (Å²) in [5, 5.41) is 11.7. The maximum atomic E-state index is 13.6. The Hall–Kier alpha value is -3.85. The van der Waals surface area contributed by atoms with Gasteiger partial charge in [0.1, 0.15) is 5.75 Å². The first kappa shape index (κ1) is 16.3. The third kappa shape index (κ3) is 2.48. The lowest BCUT2D eigenvalue weighted by atomic mass is 9.99. The molecule has 0 amide bonds. The van der Waals surface area contributed by atoms with E-state index < -0.39 is 0 Å². The second-order valence-corrected chi connectivity index (χ2v) is 6.78. The second-order valence-electron chi connectivity index (χ2n) is 6.78. The zero-order valence-corrected chi connectivity index (χ0v) is 15.0. The van der Waals surface area contributed by atoms with Crippen LogP contribution in [0, 0.1) is 0 Å². The van der Waals surface area contributed by atoms with Gasteiger partial charge in [0, 0.05) is 11.6 Å². The van der Waals surface area contributed by atoms with Gasteiger partial charge in [0.15, 0.2) is 0 Å². The zero-order chi connectivity index (χ0) is 19.1. The van der Waals surface area contributed by atoms with E-state index in [1.54, 1.807) is 10.5 Å². The molecule has 0 atom stereocenters. The topological polar surface area (TPSA) is 41.7 Å². The molecule has 3 aromatic carbocycles. The van der Waals surface area contributed by atoms with Gasteiger partial charge < -0.3 is 5.11 Å². The van der Waals surface area contributed by atoms with Gasteiger partial charge >= 0.3 is 0 Å². The quantitative estimate of drug-likeness (QED) is 0.421. The summed E-state index contributed by atoms with van der Waals surface area (Å²) in [5.74, 6) is -0.0105. The minimum absolute atomic E-state index is 0.0105. The summed E-state index contributed by atoms with van der Waals surface area (Å²) in [6.07, 6.45) is 0. The van der Waals surface area contributed by atoms with Crippen molar-refractivity contribution in [2.75, 3.05) is 0 Å². The highest BCUT2D eigenvalue weighted by atomic mass is 16.3. The predicted molar refractivity (Wildman–Crippen MR) is 114 cm³/mol. The molecule has 3 heteroatoms. The first-order valence-corrected chi connectivity index (χ1v) is 9.15. The molecule has 0 radical (unpaired) electrons. The average Bonchev–Trinajstić information content (AvgIpc) is 2.74. The van der Waals surface area contributed by atoms with Gasteiger partial charge in [-0.05, 0) is 28.6 Å². The van der Waals surface area contributed by atoms with Crippen molar-refractivity contribution in [3.63, 3.8) is 0 Å². The number of benzene rings is 3. The van der Waals surface area contributed by atoms with Gasteiger partial charge in [0.25, 0.3) is 5.56 Å². The molecular formula is C25H17NO2. The molecule has 2 heterocycles. The Labute approximate surface area is 161 Å². The summed E-state index contributed by atoms with van der Waals surface area (Å²) in [4.78, 5) is 13.6. The van der Waals surface area contributed by atoms with Crippen LogP contribution in [-0.4, -0.2) is 9.51 Å². The molecule has 5 aromatic rings. The van der Waals surface area contributed by atoms with Crippen LogP contribution in [0.5, 0.6) is 5.75 Å². The van der Waals surface area contributed by atoms with Gasteiger partial charge in [0.05, 0.1) is 16.6 Å². The van der Waals surface area contributed by atoms with Gasteiger partial charge in [-0.15, -0.1) is 0 Å². The Balaban J connectivity index is 1.98. The molecule has 0 aliphatic carbocycles. The van der Waals surface area contributed by atoms with E-state index in [1.165, 1.54) is 0 Å². The Kier molecular flexibility index (Phi) is 3.73. The largest absolute Gasteiger partial charge is 0.507 e. The molecule has 0 aliphatic heterocycles. The van der Waals surface area contributed by atoms with Crippen LogP contribution in [0.4, 0.5) is 0 Å². The SMILES string of the molecule is O=c1c(-c2ccccc2)c(O)cc2c(-c3ccccc3)cc3ccccc3n12. The molecule has 0 aliphatic rings. The molecule has 5 rings (SSSR count). The molecule has 0 saturated carbocycles. The van der Waals surface area contributed by atoms with Crippen LogP contribution >= 0.6 is 0 Å². The fraction of sp³-hybridized carbons (Fsp3) is 0. The van der Waals surface area contributed by atoms with E-state index in [-0.39, 0.29) is 11.3 Å². The Morgan fingerprint density at radius 3 is 1.96 bits per heavy atom. The summed E-state index contributed by atoms with van der Waals surface area (Å²) in [6.45, 7) is 0. The van der Waals surface area contributed by atoms with E-state index in [4.69, 9.17) is 0 Å². The molecule has 0 unspecified atom stereocenters. The smallest absolute Gasteiger partial charge is 0.267 e. The third-order valence-corrected chi connectivity index (χ3v) is 5.09. The summed E-state index contributed by atoms with van der Waals surface area (Å²) in [5.41, 5.74) is 4.20. The van der Waals surface area contributed by atoms with Crippen molar-refractivity contribution in [3.05, 3.63) is 107 Å². The fourth-order valence-corrected chi connectivity index (χ4v) is 3.80. The molecule has 3 nitrogen and oxygen atoms in total. The highest BCUT2D eigenvalue weighted by molar-refractivity contribution is 5.94. The van der Waals surface area contributed by atoms with E-state index in [2.05, 4.69) is 6.07 Å². The molecule has 134 valence electrons. The molecule has 0 saturated heterocycles. The van der Waals surface area contributed by atoms with Gasteiger partial charge in [-0.3, -0.25) is 9.20 Å². The molecule has 28 heavy (non-hydrogen) atoms. The van der Waals surface area contributed by atoms with E-state index in [9.17, 15) is 9.90 Å². The van der Waals surface area contributed by atoms with Crippen LogP contribution in [0.2, 0.25) is 0 Å². The van der Waals surface area contributed by atoms with Crippen molar-refractivity contribution in [1.29, 1.82) is 0 Å². The van der Waals surface area contributed by atoms with Gasteiger partial charge in [-0.2, -0.15) is 0 Å². The molecular weight excluding hydrogens is 346 g/mol. The number of nitrogens with zero attached hydrogens (tertiary/aromatic N) is 1.